The Balaban J connectivity index is 0.817. The average Bonchev–Trinajstić information content (AvgIpc) is 1.52. The second kappa shape index (κ2) is 24.5. The molecular formula is C64H69ClF2N14O5. The molecule has 1 unspecified atom stereocenters. The fourth-order valence-electron chi connectivity index (χ4n) is 13.8. The topological polar surface area (TPSA) is 198 Å². The van der Waals surface area contributed by atoms with E-state index in [1.807, 2.05) is 36.4 Å². The maximum atomic E-state index is 14.3. The summed E-state index contributed by atoms with van der Waals surface area (Å²) in [5.74, 6) is -2.12. The minimum atomic E-state index is -1.07. The number of rotatable bonds is 15. The van der Waals surface area contributed by atoms with Gasteiger partial charge in [-0.25, -0.2) is 8.78 Å². The van der Waals surface area contributed by atoms with Crippen LogP contribution in [0.4, 0.5) is 31.8 Å². The number of nitrogens with zero attached hydrogens (tertiary/aromatic N) is 14. The predicted molar refractivity (Wildman–Crippen MR) is 325 cm³/mol. The molecule has 4 saturated heterocycles. The molecule has 0 bridgehead atoms. The van der Waals surface area contributed by atoms with E-state index in [0.717, 1.165) is 93.3 Å². The van der Waals surface area contributed by atoms with Crippen molar-refractivity contribution in [1.29, 1.82) is 10.5 Å². The molecule has 446 valence electrons. The molecule has 0 radical (unpaired) electrons. The number of carbonyl (C=O) groups excluding carboxylic acids is 2. The van der Waals surface area contributed by atoms with Crippen molar-refractivity contribution in [2.75, 3.05) is 112 Å². The van der Waals surface area contributed by atoms with Crippen molar-refractivity contribution in [2.45, 2.75) is 88.1 Å². The minimum absolute atomic E-state index is 0.000275. The number of phenolic OH excluding ortho intramolecular Hbond substituents is 1. The molecule has 2 amide bonds. The van der Waals surface area contributed by atoms with Gasteiger partial charge in [0.1, 0.15) is 30.6 Å². The Morgan fingerprint density at radius 3 is 1.83 bits per heavy atom. The lowest BCUT2D eigenvalue weighted by Gasteiger charge is -2.42. The smallest absolute Gasteiger partial charge is 0.318 e. The van der Waals surface area contributed by atoms with Gasteiger partial charge >= 0.3 is 12.0 Å². The van der Waals surface area contributed by atoms with Crippen LogP contribution in [0.5, 0.6) is 17.8 Å². The van der Waals surface area contributed by atoms with Crippen molar-refractivity contribution >= 4 is 68.0 Å². The number of piperazine rings is 2. The number of fused-ring (bicyclic) bond motifs is 4. The van der Waals surface area contributed by atoms with Crippen LogP contribution < -0.4 is 29.1 Å². The molecule has 86 heavy (non-hydrogen) atoms. The number of phenols is 1. The molecule has 6 aliphatic rings. The summed E-state index contributed by atoms with van der Waals surface area (Å²) in [6.45, 7) is 12.6. The molecule has 19 nitrogen and oxygen atoms in total. The second-order valence-corrected chi connectivity index (χ2v) is 24.0. The van der Waals surface area contributed by atoms with Crippen LogP contribution in [0.2, 0.25) is 5.02 Å². The first-order valence-electron chi connectivity index (χ1n) is 29.6. The number of ether oxygens (including phenoxy) is 2. The lowest BCUT2D eigenvalue weighted by Crippen LogP contribution is -2.55. The third-order valence-corrected chi connectivity index (χ3v) is 18.6. The number of likely N-dealkylation sites (N-methyl/N-ethyl adjacent to an activating group) is 2. The van der Waals surface area contributed by atoms with Crippen LogP contribution in [0.15, 0.2) is 91.5 Å². The molecule has 2 aromatic heterocycles. The fraction of sp³-hybridized carbons (Fsp3) is 0.438. The number of amides is 2. The first-order chi connectivity index (χ1) is 41.6. The van der Waals surface area contributed by atoms with E-state index in [2.05, 4.69) is 87.0 Å². The third kappa shape index (κ3) is 11.6. The van der Waals surface area contributed by atoms with Crippen molar-refractivity contribution in [3.63, 3.8) is 0 Å². The Labute approximate surface area is 503 Å². The van der Waals surface area contributed by atoms with Gasteiger partial charge in [0.15, 0.2) is 11.7 Å². The lowest BCUT2D eigenvalue weighted by molar-refractivity contribution is -0.132. The van der Waals surface area contributed by atoms with Crippen LogP contribution in [-0.2, 0) is 35.5 Å². The molecule has 6 aromatic rings. The number of anilines is 4. The summed E-state index contributed by atoms with van der Waals surface area (Å²) >= 11 is 7.16. The second-order valence-electron chi connectivity index (χ2n) is 23.6. The van der Waals surface area contributed by atoms with E-state index in [1.54, 1.807) is 12.1 Å². The van der Waals surface area contributed by atoms with Gasteiger partial charge in [0.2, 0.25) is 0 Å². The summed E-state index contributed by atoms with van der Waals surface area (Å²) < 4.78 is 41.7. The molecule has 0 saturated carbocycles. The highest BCUT2D eigenvalue weighted by molar-refractivity contribution is 6.36. The molecule has 5 atom stereocenters. The van der Waals surface area contributed by atoms with Crippen LogP contribution in [-0.4, -0.2) is 173 Å². The summed E-state index contributed by atoms with van der Waals surface area (Å²) in [7, 11) is 4.20. The Bertz CT molecular complexity index is 3750. The van der Waals surface area contributed by atoms with E-state index >= 15 is 0 Å². The monoisotopic (exact) mass is 1190 g/mol. The number of carbonyl (C=O) groups is 2. The first kappa shape index (κ1) is 58.0. The van der Waals surface area contributed by atoms with E-state index in [-0.39, 0.29) is 81.4 Å². The number of aromatic hydroxyl groups is 1. The van der Waals surface area contributed by atoms with Crippen LogP contribution in [0.1, 0.15) is 66.1 Å². The van der Waals surface area contributed by atoms with Gasteiger partial charge in [-0.1, -0.05) is 67.2 Å². The van der Waals surface area contributed by atoms with E-state index in [1.165, 1.54) is 9.80 Å². The standard InChI is InChI=1S/C64H69ClF2N14O5/c1-39(66)61(83)80-25-23-78(33-45(80)14-18-68)59-51-16-21-76(56-31-49(82)29-41-9-5-6-12-50(41)56)35-54(51)70-64(73-59)86-38-48-28-44(32-75(48)4)43-27-42-10-7-13-53(65)58(42)57(30-43)77-22-17-52-55(36-77)71-63(85-37-47-11-8-20-74(47)3)72-60(52)79-24-26-81(62(84)40(2)67)46(34-79)15-19-69/h5-7,9-10,12-13,27,29-31,44-48,82H,1-2,8,11,14-17,20-26,28,32-38H2,3-4H3/t44?,45-,46-,47+,48-/m0/s1. The van der Waals surface area contributed by atoms with Gasteiger partial charge in [0.05, 0.1) is 66.6 Å². The SMILES string of the molecule is C=C(F)C(=O)N1CCN(c2nc(OC[C@@H]3CC(c4cc(N5CCc6c(nc(OC[C@H]7CCCN7C)nc6N6CCN(C(=O)C(=C)F)[C@@H](CC#N)C6)C5)c5c(Cl)cccc5c4)CN3C)nc3c2CCN(c2cc(O)cc4ccccc24)C3)C[C@@H]1CC#N. The van der Waals surface area contributed by atoms with Gasteiger partial charge in [0, 0.05) is 110 Å². The van der Waals surface area contributed by atoms with E-state index in [0.29, 0.717) is 75.4 Å². The molecule has 22 heteroatoms. The van der Waals surface area contributed by atoms with Gasteiger partial charge in [-0.3, -0.25) is 14.5 Å². The largest absolute Gasteiger partial charge is 0.508 e. The van der Waals surface area contributed by atoms with Crippen molar-refractivity contribution < 1.29 is 33.0 Å². The summed E-state index contributed by atoms with van der Waals surface area (Å²) in [4.78, 5) is 62.3. The molecule has 8 heterocycles. The van der Waals surface area contributed by atoms with Gasteiger partial charge < -0.3 is 48.9 Å². The van der Waals surface area contributed by atoms with E-state index in [9.17, 15) is 34.0 Å². The molecule has 4 aromatic carbocycles. The highest BCUT2D eigenvalue weighted by atomic mass is 35.5. The summed E-state index contributed by atoms with van der Waals surface area (Å²) in [6.07, 6.45) is 4.04. The molecule has 4 fully saturated rings. The fourth-order valence-corrected chi connectivity index (χ4v) is 14.1. The first-order valence-corrected chi connectivity index (χ1v) is 29.9. The van der Waals surface area contributed by atoms with Gasteiger partial charge in [-0.2, -0.15) is 30.5 Å². The van der Waals surface area contributed by atoms with Crippen molar-refractivity contribution in [1.82, 2.24) is 39.5 Å². The van der Waals surface area contributed by atoms with Gasteiger partial charge in [-0.15, -0.1) is 0 Å². The number of hydrogen-bond donors (Lipinski definition) is 1. The maximum Gasteiger partial charge on any atom is 0.318 e. The lowest BCUT2D eigenvalue weighted by atomic mass is 9.92. The Hall–Kier alpha value is -8.37. The normalized spacial score (nSPS) is 21.7. The Morgan fingerprint density at radius 1 is 0.663 bits per heavy atom. The minimum Gasteiger partial charge on any atom is -0.508 e. The van der Waals surface area contributed by atoms with Gasteiger partial charge in [0.25, 0.3) is 11.8 Å². The summed E-state index contributed by atoms with van der Waals surface area (Å²) in [5.41, 5.74) is 6.49. The number of benzene rings is 4. The van der Waals surface area contributed by atoms with Crippen LogP contribution in [0.3, 0.4) is 0 Å². The van der Waals surface area contributed by atoms with Crippen molar-refractivity contribution in [3.05, 3.63) is 125 Å². The van der Waals surface area contributed by atoms with Crippen LogP contribution >= 0.6 is 11.6 Å². The molecule has 0 spiro atoms. The van der Waals surface area contributed by atoms with Crippen molar-refractivity contribution in [3.8, 4) is 29.9 Å². The summed E-state index contributed by atoms with van der Waals surface area (Å²) in [6, 6.07) is 25.9. The highest BCUT2D eigenvalue weighted by Crippen LogP contribution is 2.43. The quantitative estimate of drug-likeness (QED) is 0.0964. The Kier molecular flexibility index (Phi) is 16.6. The number of halogens is 3. The molecule has 12 rings (SSSR count). The number of nitriles is 2. The zero-order valence-electron chi connectivity index (χ0n) is 48.5. The zero-order valence-corrected chi connectivity index (χ0v) is 49.2. The molecule has 6 aliphatic heterocycles. The Morgan fingerprint density at radius 2 is 1.24 bits per heavy atom. The molecule has 1 N–H and O–H groups in total. The van der Waals surface area contributed by atoms with E-state index < -0.39 is 35.6 Å². The number of aromatic nitrogens is 4. The zero-order chi connectivity index (χ0) is 59.9. The third-order valence-electron chi connectivity index (χ3n) is 18.3. The van der Waals surface area contributed by atoms with Crippen molar-refractivity contribution in [2.24, 2.45) is 0 Å². The predicted octanol–water partition coefficient (Wildman–Crippen LogP) is 8.23. The van der Waals surface area contributed by atoms with Gasteiger partial charge in [-0.05, 0) is 93.2 Å². The average molecular weight is 1190 g/mol. The van der Waals surface area contributed by atoms with E-state index in [4.69, 9.17) is 41.0 Å². The number of likely N-dealkylation sites (tertiary alicyclic amines) is 2. The summed E-state index contributed by atoms with van der Waals surface area (Å²) in [5, 5.41) is 35.0. The number of hydrogen-bond acceptors (Lipinski definition) is 17. The highest BCUT2D eigenvalue weighted by Gasteiger charge is 2.39. The van der Waals surface area contributed by atoms with Crippen LogP contribution in [0.25, 0.3) is 21.5 Å². The molecular weight excluding hydrogens is 1120 g/mol. The van der Waals surface area contributed by atoms with Crippen LogP contribution in [0, 0.1) is 22.7 Å². The maximum absolute atomic E-state index is 14.3. The molecule has 0 aliphatic carbocycles.